The Morgan fingerprint density at radius 2 is 2.05 bits per heavy atom. The number of pyridine rings is 1. The van der Waals surface area contributed by atoms with Crippen LogP contribution in [0, 0.1) is 12.8 Å². The second-order valence-electron chi connectivity index (χ2n) is 5.52. The van der Waals surface area contributed by atoms with Crippen molar-refractivity contribution in [3.63, 3.8) is 0 Å². The zero-order chi connectivity index (χ0) is 15.2. The summed E-state index contributed by atoms with van der Waals surface area (Å²) in [4.78, 5) is 4.32. The third kappa shape index (κ3) is 4.73. The molecule has 1 heterocycles. The van der Waals surface area contributed by atoms with Crippen molar-refractivity contribution < 1.29 is 4.74 Å². The van der Waals surface area contributed by atoms with E-state index in [4.69, 9.17) is 16.3 Å². The molecule has 0 aliphatic rings. The van der Waals surface area contributed by atoms with Crippen molar-refractivity contribution in [2.45, 2.75) is 27.3 Å². The van der Waals surface area contributed by atoms with Gasteiger partial charge in [-0.1, -0.05) is 43.6 Å². The van der Waals surface area contributed by atoms with Crippen LogP contribution in [0.3, 0.4) is 0 Å². The lowest BCUT2D eigenvalue weighted by Gasteiger charge is -2.11. The third-order valence-corrected chi connectivity index (χ3v) is 3.32. The van der Waals surface area contributed by atoms with Crippen LogP contribution in [0.4, 0.5) is 0 Å². The van der Waals surface area contributed by atoms with Gasteiger partial charge < -0.3 is 10.1 Å². The molecule has 1 N–H and O–H groups in total. The highest BCUT2D eigenvalue weighted by atomic mass is 35.5. The minimum atomic E-state index is 0.443. The van der Waals surface area contributed by atoms with Crippen molar-refractivity contribution in [3.05, 3.63) is 52.7 Å². The zero-order valence-corrected chi connectivity index (χ0v) is 13.4. The lowest BCUT2D eigenvalue weighted by molar-refractivity contribution is 0.459. The second-order valence-corrected chi connectivity index (χ2v) is 5.93. The summed E-state index contributed by atoms with van der Waals surface area (Å²) in [5.74, 6) is 1.84. The van der Waals surface area contributed by atoms with Crippen molar-refractivity contribution in [1.82, 2.24) is 10.3 Å². The maximum atomic E-state index is 6.26. The van der Waals surface area contributed by atoms with E-state index in [1.165, 1.54) is 0 Å². The Hall–Kier alpha value is -1.58. The fourth-order valence-corrected chi connectivity index (χ4v) is 2.14. The molecular formula is C17H21ClN2O. The minimum Gasteiger partial charge on any atom is -0.437 e. The number of para-hydroxylation sites is 1. The van der Waals surface area contributed by atoms with Crippen LogP contribution in [0.2, 0.25) is 5.02 Å². The van der Waals surface area contributed by atoms with E-state index in [1.807, 2.05) is 37.3 Å². The number of hydrogen-bond acceptors (Lipinski definition) is 3. The average Bonchev–Trinajstić information content (AvgIpc) is 2.43. The van der Waals surface area contributed by atoms with Crippen LogP contribution in [-0.2, 0) is 6.54 Å². The van der Waals surface area contributed by atoms with Crippen LogP contribution < -0.4 is 10.1 Å². The van der Waals surface area contributed by atoms with Gasteiger partial charge in [-0.15, -0.1) is 0 Å². The normalized spacial score (nSPS) is 10.9. The lowest BCUT2D eigenvalue weighted by atomic mass is 10.2. The molecule has 112 valence electrons. The smallest absolute Gasteiger partial charge is 0.238 e. The zero-order valence-electron chi connectivity index (χ0n) is 12.7. The van der Waals surface area contributed by atoms with Crippen LogP contribution in [0.1, 0.15) is 25.0 Å². The summed E-state index contributed by atoms with van der Waals surface area (Å²) in [7, 11) is 0. The first-order valence-corrected chi connectivity index (χ1v) is 7.52. The van der Waals surface area contributed by atoms with Crippen molar-refractivity contribution in [1.29, 1.82) is 0 Å². The summed E-state index contributed by atoms with van der Waals surface area (Å²) in [5.41, 5.74) is 2.11. The summed E-state index contributed by atoms with van der Waals surface area (Å²) in [6.07, 6.45) is 1.80. The topological polar surface area (TPSA) is 34.1 Å². The predicted octanol–water partition coefficient (Wildman–Crippen LogP) is 4.58. The number of ether oxygens (including phenoxy) is 1. The molecule has 0 aliphatic heterocycles. The maximum Gasteiger partial charge on any atom is 0.238 e. The summed E-state index contributed by atoms with van der Waals surface area (Å²) in [6, 6.07) is 9.70. The first-order chi connectivity index (χ1) is 10.1. The standard InChI is InChI=1S/C17H21ClN2O/c1-12(2)9-19-10-14-8-15(18)17(20-11-14)21-16-7-5-4-6-13(16)3/h4-8,11-12,19H,9-10H2,1-3H3. The maximum absolute atomic E-state index is 6.26. The molecule has 3 nitrogen and oxygen atoms in total. The van der Waals surface area contributed by atoms with Crippen LogP contribution in [0.15, 0.2) is 36.5 Å². The van der Waals surface area contributed by atoms with E-state index >= 15 is 0 Å². The third-order valence-electron chi connectivity index (χ3n) is 3.05. The van der Waals surface area contributed by atoms with E-state index in [0.29, 0.717) is 16.8 Å². The first kappa shape index (κ1) is 15.8. The van der Waals surface area contributed by atoms with Gasteiger partial charge in [0.1, 0.15) is 10.8 Å². The molecule has 2 rings (SSSR count). The number of nitrogens with zero attached hydrogens (tertiary/aromatic N) is 1. The molecule has 1 aromatic heterocycles. The Balaban J connectivity index is 2.04. The van der Waals surface area contributed by atoms with Crippen molar-refractivity contribution in [3.8, 4) is 11.6 Å². The molecule has 0 radical (unpaired) electrons. The molecule has 0 saturated carbocycles. The number of hydrogen-bond donors (Lipinski definition) is 1. The highest BCUT2D eigenvalue weighted by molar-refractivity contribution is 6.31. The summed E-state index contributed by atoms with van der Waals surface area (Å²) >= 11 is 6.26. The van der Waals surface area contributed by atoms with Gasteiger partial charge in [-0.05, 0) is 42.6 Å². The Bertz CT molecular complexity index is 599. The fourth-order valence-electron chi connectivity index (χ4n) is 1.92. The van der Waals surface area contributed by atoms with Crippen molar-refractivity contribution in [2.75, 3.05) is 6.54 Å². The van der Waals surface area contributed by atoms with Gasteiger partial charge in [-0.2, -0.15) is 0 Å². The number of aromatic nitrogens is 1. The van der Waals surface area contributed by atoms with Gasteiger partial charge in [-0.3, -0.25) is 0 Å². The largest absolute Gasteiger partial charge is 0.437 e. The van der Waals surface area contributed by atoms with Gasteiger partial charge in [0.15, 0.2) is 0 Å². The molecular weight excluding hydrogens is 284 g/mol. The van der Waals surface area contributed by atoms with E-state index in [0.717, 1.165) is 30.0 Å². The molecule has 0 aliphatic carbocycles. The first-order valence-electron chi connectivity index (χ1n) is 7.15. The van der Waals surface area contributed by atoms with Gasteiger partial charge in [-0.25, -0.2) is 4.98 Å². The lowest BCUT2D eigenvalue weighted by Crippen LogP contribution is -2.19. The van der Waals surface area contributed by atoms with Crippen LogP contribution in [0.5, 0.6) is 11.6 Å². The summed E-state index contributed by atoms with van der Waals surface area (Å²) in [5, 5.41) is 3.90. The Labute approximate surface area is 131 Å². The molecule has 0 amide bonds. The number of rotatable bonds is 6. The summed E-state index contributed by atoms with van der Waals surface area (Å²) in [6.45, 7) is 8.08. The Morgan fingerprint density at radius 3 is 2.71 bits per heavy atom. The molecule has 0 fully saturated rings. The van der Waals surface area contributed by atoms with E-state index in [9.17, 15) is 0 Å². The highest BCUT2D eigenvalue weighted by Crippen LogP contribution is 2.29. The SMILES string of the molecule is Cc1ccccc1Oc1ncc(CNCC(C)C)cc1Cl. The minimum absolute atomic E-state index is 0.443. The fraction of sp³-hybridized carbons (Fsp3) is 0.353. The van der Waals surface area contributed by atoms with Crippen LogP contribution in [-0.4, -0.2) is 11.5 Å². The number of aryl methyl sites for hydroxylation is 1. The second kappa shape index (κ2) is 7.43. The number of halogens is 1. The van der Waals surface area contributed by atoms with Gasteiger partial charge >= 0.3 is 0 Å². The molecule has 0 saturated heterocycles. The molecule has 21 heavy (non-hydrogen) atoms. The monoisotopic (exact) mass is 304 g/mol. The molecule has 0 spiro atoms. The molecule has 0 atom stereocenters. The van der Waals surface area contributed by atoms with Crippen LogP contribution >= 0.6 is 11.6 Å². The van der Waals surface area contributed by atoms with Gasteiger partial charge in [0, 0.05) is 12.7 Å². The van der Waals surface area contributed by atoms with E-state index in [-0.39, 0.29) is 0 Å². The van der Waals surface area contributed by atoms with E-state index in [1.54, 1.807) is 6.20 Å². The molecule has 2 aromatic rings. The quantitative estimate of drug-likeness (QED) is 0.848. The van der Waals surface area contributed by atoms with E-state index in [2.05, 4.69) is 24.1 Å². The average molecular weight is 305 g/mol. The molecule has 0 unspecified atom stereocenters. The summed E-state index contributed by atoms with van der Waals surface area (Å²) < 4.78 is 5.77. The Kier molecular flexibility index (Phi) is 5.59. The van der Waals surface area contributed by atoms with Crippen LogP contribution in [0.25, 0.3) is 0 Å². The number of benzene rings is 1. The molecule has 4 heteroatoms. The molecule has 0 bridgehead atoms. The predicted molar refractivity (Wildman–Crippen MR) is 87.0 cm³/mol. The number of nitrogens with one attached hydrogen (secondary N) is 1. The highest BCUT2D eigenvalue weighted by Gasteiger charge is 2.08. The van der Waals surface area contributed by atoms with Crippen molar-refractivity contribution >= 4 is 11.6 Å². The van der Waals surface area contributed by atoms with Crippen molar-refractivity contribution in [2.24, 2.45) is 5.92 Å². The van der Waals surface area contributed by atoms with Gasteiger partial charge in [0.2, 0.25) is 5.88 Å². The Morgan fingerprint density at radius 1 is 1.29 bits per heavy atom. The van der Waals surface area contributed by atoms with Gasteiger partial charge in [0.05, 0.1) is 0 Å². The molecule has 1 aromatic carbocycles. The van der Waals surface area contributed by atoms with Gasteiger partial charge in [0.25, 0.3) is 0 Å². The van der Waals surface area contributed by atoms with E-state index < -0.39 is 0 Å².